The Morgan fingerprint density at radius 2 is 1.95 bits per heavy atom. The van der Waals surface area contributed by atoms with Gasteiger partial charge in [0.1, 0.15) is 5.82 Å². The summed E-state index contributed by atoms with van der Waals surface area (Å²) in [7, 11) is 0. The molecule has 0 aliphatic heterocycles. The Morgan fingerprint density at radius 3 is 2.63 bits per heavy atom. The summed E-state index contributed by atoms with van der Waals surface area (Å²) in [5.41, 5.74) is -0.294. The van der Waals surface area contributed by atoms with E-state index in [4.69, 9.17) is 4.98 Å². The Kier molecular flexibility index (Phi) is 8.20. The van der Waals surface area contributed by atoms with Crippen molar-refractivity contribution in [3.63, 3.8) is 0 Å². The molecule has 0 radical (unpaired) electrons. The van der Waals surface area contributed by atoms with Crippen LogP contribution in [0.15, 0.2) is 24.3 Å². The minimum absolute atomic E-state index is 0.124. The molecule has 5 atom stereocenters. The number of hydrogen-bond donors (Lipinski definition) is 5. The summed E-state index contributed by atoms with van der Waals surface area (Å²) in [4.78, 5) is 42.6. The first kappa shape index (κ1) is 28.1. The number of thiazole rings is 1. The lowest BCUT2D eigenvalue weighted by molar-refractivity contribution is -0.144. The Bertz CT molecular complexity index is 1220. The average Bonchev–Trinajstić information content (AvgIpc) is 3.27. The predicted octanol–water partition coefficient (Wildman–Crippen LogP) is 2.59. The summed E-state index contributed by atoms with van der Waals surface area (Å²) < 4.78 is 13.6. The molecule has 1 fully saturated rings. The van der Waals surface area contributed by atoms with Gasteiger partial charge in [-0.2, -0.15) is 0 Å². The van der Waals surface area contributed by atoms with E-state index in [1.54, 1.807) is 0 Å². The van der Waals surface area contributed by atoms with Crippen LogP contribution in [0.2, 0.25) is 0 Å². The maximum atomic E-state index is 13.6. The summed E-state index contributed by atoms with van der Waals surface area (Å²) in [6, 6.07) is 5.40. The lowest BCUT2D eigenvalue weighted by Crippen LogP contribution is -2.57. The highest BCUT2D eigenvalue weighted by Crippen LogP contribution is 2.62. The van der Waals surface area contributed by atoms with Gasteiger partial charge in [-0.1, -0.05) is 19.9 Å². The van der Waals surface area contributed by atoms with E-state index >= 15 is 0 Å². The molecule has 5 N–H and O–H groups in total. The van der Waals surface area contributed by atoms with Gasteiger partial charge in [-0.15, -0.1) is 11.3 Å². The fourth-order valence-electron chi connectivity index (χ4n) is 6.20. The van der Waals surface area contributed by atoms with Gasteiger partial charge in [-0.05, 0) is 48.8 Å². The van der Waals surface area contributed by atoms with Gasteiger partial charge in [0.2, 0.25) is 11.8 Å². The van der Waals surface area contributed by atoms with E-state index < -0.39 is 28.7 Å². The summed E-state index contributed by atoms with van der Waals surface area (Å²) in [5, 5.41) is 29.9. The molecule has 11 heteroatoms. The van der Waals surface area contributed by atoms with Gasteiger partial charge in [0.15, 0.2) is 5.13 Å². The second-order valence-electron chi connectivity index (χ2n) is 10.9. The molecule has 9 nitrogen and oxygen atoms in total. The third-order valence-corrected chi connectivity index (χ3v) is 9.42. The quantitative estimate of drug-likeness (QED) is 0.323. The summed E-state index contributed by atoms with van der Waals surface area (Å²) in [5.74, 6) is -1.80. The maximum absolute atomic E-state index is 13.6. The number of aliphatic hydroxyl groups is 2. The summed E-state index contributed by atoms with van der Waals surface area (Å²) in [6.07, 6.45) is 1.15. The molecule has 3 amide bonds. The van der Waals surface area contributed by atoms with Gasteiger partial charge in [-0.25, -0.2) is 9.37 Å². The highest BCUT2D eigenvalue weighted by atomic mass is 32.1. The van der Waals surface area contributed by atoms with Crippen LogP contribution in [0.25, 0.3) is 0 Å². The fourth-order valence-corrected chi connectivity index (χ4v) is 7.26. The first-order chi connectivity index (χ1) is 18.0. The van der Waals surface area contributed by atoms with Crippen molar-refractivity contribution < 1.29 is 29.0 Å². The van der Waals surface area contributed by atoms with E-state index in [0.717, 1.165) is 16.6 Å². The number of benzene rings is 1. The third-order valence-electron chi connectivity index (χ3n) is 8.41. The molecule has 0 bridgehead atoms. The Labute approximate surface area is 225 Å². The smallest absolute Gasteiger partial charge is 0.257 e. The Morgan fingerprint density at radius 1 is 1.21 bits per heavy atom. The van der Waals surface area contributed by atoms with Crippen LogP contribution in [-0.4, -0.2) is 58.7 Å². The van der Waals surface area contributed by atoms with Crippen LogP contribution in [0.3, 0.4) is 0 Å². The van der Waals surface area contributed by atoms with Gasteiger partial charge < -0.3 is 20.8 Å². The number of anilines is 1. The molecule has 38 heavy (non-hydrogen) atoms. The molecule has 0 saturated heterocycles. The zero-order valence-electron chi connectivity index (χ0n) is 21.8. The predicted molar refractivity (Wildman–Crippen MR) is 141 cm³/mol. The Hall–Kier alpha value is -2.89. The van der Waals surface area contributed by atoms with Crippen LogP contribution < -0.4 is 16.0 Å². The molecular weight excluding hydrogens is 511 g/mol. The summed E-state index contributed by atoms with van der Waals surface area (Å²) >= 11 is 1.31. The summed E-state index contributed by atoms with van der Waals surface area (Å²) in [6.45, 7) is 5.81. The number of fused-ring (bicyclic) bond motifs is 2. The highest BCUT2D eigenvalue weighted by Gasteiger charge is 2.59. The average molecular weight is 547 g/mol. The van der Waals surface area contributed by atoms with Crippen molar-refractivity contribution >= 4 is 34.2 Å². The zero-order chi connectivity index (χ0) is 27.7. The van der Waals surface area contributed by atoms with E-state index in [0.29, 0.717) is 30.9 Å². The molecule has 2 aliphatic carbocycles. The molecule has 206 valence electrons. The van der Waals surface area contributed by atoms with Gasteiger partial charge in [0.05, 0.1) is 18.4 Å². The number of nitrogens with zero attached hydrogens (tertiary/aromatic N) is 1. The molecular formula is C27H35FN4O5S. The van der Waals surface area contributed by atoms with Crippen molar-refractivity contribution in [1.82, 2.24) is 15.6 Å². The normalized spacial score (nSPS) is 28.1. The monoisotopic (exact) mass is 546 g/mol. The van der Waals surface area contributed by atoms with Crippen molar-refractivity contribution in [3.8, 4) is 0 Å². The first-order valence-electron chi connectivity index (χ1n) is 12.8. The molecule has 2 aliphatic rings. The minimum Gasteiger partial charge on any atom is -0.396 e. The second kappa shape index (κ2) is 11.1. The zero-order valence-corrected chi connectivity index (χ0v) is 22.7. The van der Waals surface area contributed by atoms with E-state index in [1.165, 1.54) is 36.5 Å². The topological polar surface area (TPSA) is 141 Å². The number of aliphatic hydroxyl groups excluding tert-OH is 2. The number of nitrogens with one attached hydrogen (secondary N) is 3. The number of hydrogen-bond acceptors (Lipinski definition) is 7. The number of carbonyl (C=O) groups is 3. The molecule has 0 spiro atoms. The van der Waals surface area contributed by atoms with Gasteiger partial charge in [0.25, 0.3) is 5.91 Å². The molecule has 1 heterocycles. The van der Waals surface area contributed by atoms with Crippen molar-refractivity contribution in [3.05, 3.63) is 46.2 Å². The van der Waals surface area contributed by atoms with Crippen molar-refractivity contribution in [2.24, 2.45) is 16.7 Å². The largest absolute Gasteiger partial charge is 0.396 e. The lowest BCUT2D eigenvalue weighted by Gasteiger charge is -2.58. The SMILES string of the molecule is CC(=O)NCCNC(=O)CC1c2nc(NC(=O)c3cccc(F)c3)sc2CC2C(C)(CO)C(O)CCC12C. The van der Waals surface area contributed by atoms with E-state index in [-0.39, 0.29) is 48.8 Å². The number of amides is 3. The molecule has 5 unspecified atom stereocenters. The number of halogens is 1. The van der Waals surface area contributed by atoms with Crippen molar-refractivity contribution in [2.45, 2.75) is 58.5 Å². The molecule has 1 aromatic carbocycles. The van der Waals surface area contributed by atoms with Crippen LogP contribution in [0.1, 0.15) is 66.9 Å². The van der Waals surface area contributed by atoms with Crippen molar-refractivity contribution in [1.29, 1.82) is 0 Å². The van der Waals surface area contributed by atoms with Gasteiger partial charge in [-0.3, -0.25) is 19.7 Å². The number of aromatic nitrogens is 1. The third kappa shape index (κ3) is 5.45. The fraction of sp³-hybridized carbons (Fsp3) is 0.556. The molecule has 4 rings (SSSR count). The van der Waals surface area contributed by atoms with E-state index in [9.17, 15) is 29.0 Å². The number of carbonyl (C=O) groups excluding carboxylic acids is 3. The standard InChI is InChI=1S/C27H35FN4O5S/c1-15(34)29-9-10-30-22(36)12-18-23-19(13-20-26(18,2)8-7-21(35)27(20,3)14-33)38-25(31-23)32-24(37)16-5-4-6-17(28)11-16/h4-6,11,18,20-21,33,35H,7-10,12-14H2,1-3H3,(H,29,34)(H,30,36)(H,31,32,37). The van der Waals surface area contributed by atoms with Crippen molar-refractivity contribution in [2.75, 3.05) is 25.0 Å². The van der Waals surface area contributed by atoms with Crippen LogP contribution in [0, 0.1) is 22.6 Å². The minimum atomic E-state index is -0.764. The number of rotatable bonds is 8. The Balaban J connectivity index is 1.63. The lowest BCUT2D eigenvalue weighted by atomic mass is 9.47. The van der Waals surface area contributed by atoms with Gasteiger partial charge >= 0.3 is 0 Å². The molecule has 1 aromatic heterocycles. The molecule has 1 saturated carbocycles. The highest BCUT2D eigenvalue weighted by molar-refractivity contribution is 7.15. The van der Waals surface area contributed by atoms with Crippen LogP contribution >= 0.6 is 11.3 Å². The van der Waals surface area contributed by atoms with E-state index in [1.807, 2.05) is 6.92 Å². The van der Waals surface area contributed by atoms with Crippen LogP contribution in [0.4, 0.5) is 9.52 Å². The van der Waals surface area contributed by atoms with Crippen LogP contribution in [-0.2, 0) is 16.0 Å². The first-order valence-corrected chi connectivity index (χ1v) is 13.7. The maximum Gasteiger partial charge on any atom is 0.257 e. The molecule has 2 aromatic rings. The van der Waals surface area contributed by atoms with Crippen LogP contribution in [0.5, 0.6) is 0 Å². The van der Waals surface area contributed by atoms with Gasteiger partial charge in [0, 0.05) is 48.2 Å². The van der Waals surface area contributed by atoms with E-state index in [2.05, 4.69) is 22.9 Å². The second-order valence-corrected chi connectivity index (χ2v) is 11.9.